The van der Waals surface area contributed by atoms with E-state index in [9.17, 15) is 24.3 Å². The summed E-state index contributed by atoms with van der Waals surface area (Å²) in [6.45, 7) is 2.44. The molecule has 37 heavy (non-hydrogen) atoms. The second kappa shape index (κ2) is 12.0. The summed E-state index contributed by atoms with van der Waals surface area (Å²) in [5.41, 5.74) is 1.48. The quantitative estimate of drug-likeness (QED) is 0.408. The highest BCUT2D eigenvalue weighted by Crippen LogP contribution is 2.19. The number of hydrogen-bond donors (Lipinski definition) is 4. The molecule has 4 amide bonds. The van der Waals surface area contributed by atoms with E-state index < -0.39 is 42.0 Å². The number of fused-ring (bicyclic) bond motifs is 3. The highest BCUT2D eigenvalue weighted by Gasteiger charge is 2.37. The van der Waals surface area contributed by atoms with Crippen LogP contribution < -0.4 is 16.0 Å². The number of aliphatic hydroxyl groups is 1. The fourth-order valence-corrected chi connectivity index (χ4v) is 4.67. The molecule has 4 N–H and O–H groups in total. The van der Waals surface area contributed by atoms with Gasteiger partial charge in [0.2, 0.25) is 23.6 Å². The Morgan fingerprint density at radius 2 is 1.81 bits per heavy atom. The van der Waals surface area contributed by atoms with Crippen molar-refractivity contribution in [2.24, 2.45) is 0 Å². The molecule has 1 aromatic carbocycles. The monoisotopic (exact) mass is 511 g/mol. The van der Waals surface area contributed by atoms with Crippen LogP contribution in [-0.2, 0) is 38.6 Å². The number of aryl methyl sites for hydroxylation is 1. The van der Waals surface area contributed by atoms with Gasteiger partial charge in [0.25, 0.3) is 0 Å². The number of carbonyl (C=O) groups excluding carboxylic acids is 4. The molecule has 2 aliphatic rings. The lowest BCUT2D eigenvalue weighted by molar-refractivity contribution is -0.140. The van der Waals surface area contributed by atoms with E-state index in [1.807, 2.05) is 30.3 Å². The van der Waals surface area contributed by atoms with Crippen molar-refractivity contribution in [2.75, 3.05) is 13.1 Å². The Bertz CT molecular complexity index is 1120. The second-order valence-corrected chi connectivity index (χ2v) is 9.49. The lowest BCUT2D eigenvalue weighted by atomic mass is 10.0. The van der Waals surface area contributed by atoms with Crippen LogP contribution in [0.5, 0.6) is 0 Å². The van der Waals surface area contributed by atoms with Crippen LogP contribution in [0.4, 0.5) is 0 Å². The van der Waals surface area contributed by atoms with Crippen LogP contribution in [0.25, 0.3) is 0 Å². The number of aromatic nitrogens is 3. The van der Waals surface area contributed by atoms with Crippen molar-refractivity contribution in [1.29, 1.82) is 0 Å². The summed E-state index contributed by atoms with van der Waals surface area (Å²) in [5, 5.41) is 26.6. The average Bonchev–Trinajstić information content (AvgIpc) is 3.55. The highest BCUT2D eigenvalue weighted by molar-refractivity contribution is 5.94. The molecule has 0 saturated carbocycles. The maximum absolute atomic E-state index is 13.2. The number of benzene rings is 1. The molecule has 12 heteroatoms. The minimum atomic E-state index is -1.29. The summed E-state index contributed by atoms with van der Waals surface area (Å²) in [6, 6.07) is 6.26. The van der Waals surface area contributed by atoms with E-state index in [0.717, 1.165) is 5.56 Å². The van der Waals surface area contributed by atoms with Gasteiger partial charge in [-0.2, -0.15) is 0 Å². The lowest BCUT2D eigenvalue weighted by Gasteiger charge is -2.28. The molecule has 198 valence electrons. The molecule has 0 spiro atoms. The molecule has 2 bridgehead atoms. The Labute approximate surface area is 214 Å². The standard InChI is InChI=1S/C25H33N7O5/c1-16(33)22-25(37)27-19(14-17-6-3-2-4-7-17)23(35)26-11-13-31-15-18(29-30-31)9-10-21(34)32-12-5-8-20(32)24(36)28-22/h2-4,6-7,15-16,19-20,22,33H,5,8-14H2,1H3,(H,26,35)(H,27,37)(H,28,36)/t16-,19+,20-,22+/m1/s1. The second-order valence-electron chi connectivity index (χ2n) is 9.49. The van der Waals surface area contributed by atoms with Gasteiger partial charge in [-0.3, -0.25) is 23.9 Å². The molecular formula is C25H33N7O5. The third-order valence-electron chi connectivity index (χ3n) is 6.68. The predicted octanol–water partition coefficient (Wildman–Crippen LogP) is -1.08. The van der Waals surface area contributed by atoms with Crippen molar-refractivity contribution < 1.29 is 24.3 Å². The zero-order valence-electron chi connectivity index (χ0n) is 20.8. The van der Waals surface area contributed by atoms with Crippen molar-refractivity contribution in [2.45, 2.75) is 69.8 Å². The molecule has 12 nitrogen and oxygen atoms in total. The van der Waals surface area contributed by atoms with E-state index in [1.54, 1.807) is 10.9 Å². The molecule has 0 radical (unpaired) electrons. The Morgan fingerprint density at radius 3 is 2.57 bits per heavy atom. The van der Waals surface area contributed by atoms with Crippen molar-refractivity contribution >= 4 is 23.6 Å². The first-order valence-electron chi connectivity index (χ1n) is 12.6. The molecule has 0 aliphatic carbocycles. The van der Waals surface area contributed by atoms with Gasteiger partial charge in [-0.1, -0.05) is 35.5 Å². The molecule has 0 unspecified atom stereocenters. The molecule has 1 fully saturated rings. The molecule has 3 heterocycles. The SMILES string of the molecule is C[C@@H](O)[C@@H]1NC(=O)[C@H]2CCCN2C(=O)CCc2cn(nn2)CCNC(=O)[C@H](Cc2ccccc2)NC1=O. The van der Waals surface area contributed by atoms with E-state index in [2.05, 4.69) is 26.3 Å². The van der Waals surface area contributed by atoms with Gasteiger partial charge < -0.3 is 26.0 Å². The number of aliphatic hydroxyl groups excluding tert-OH is 1. The summed E-state index contributed by atoms with van der Waals surface area (Å²) < 4.78 is 1.59. The first-order chi connectivity index (χ1) is 17.8. The smallest absolute Gasteiger partial charge is 0.245 e. The van der Waals surface area contributed by atoms with E-state index in [0.29, 0.717) is 38.0 Å². The number of hydrogen-bond acceptors (Lipinski definition) is 7. The minimum Gasteiger partial charge on any atom is -0.391 e. The molecule has 4 atom stereocenters. The summed E-state index contributed by atoms with van der Waals surface area (Å²) >= 11 is 0. The first-order valence-corrected chi connectivity index (χ1v) is 12.6. The van der Waals surface area contributed by atoms with Crippen LogP contribution in [-0.4, -0.2) is 85.9 Å². The summed E-state index contributed by atoms with van der Waals surface area (Å²) in [7, 11) is 0. The number of rotatable bonds is 3. The fourth-order valence-electron chi connectivity index (χ4n) is 4.67. The lowest BCUT2D eigenvalue weighted by Crippen LogP contribution is -2.59. The third-order valence-corrected chi connectivity index (χ3v) is 6.68. The topological polar surface area (TPSA) is 159 Å². The molecule has 2 aliphatic heterocycles. The van der Waals surface area contributed by atoms with Gasteiger partial charge in [0.1, 0.15) is 18.1 Å². The van der Waals surface area contributed by atoms with Gasteiger partial charge in [0, 0.05) is 38.5 Å². The van der Waals surface area contributed by atoms with Crippen LogP contribution >= 0.6 is 0 Å². The van der Waals surface area contributed by atoms with Gasteiger partial charge in [-0.25, -0.2) is 0 Å². The number of carbonyl (C=O) groups is 4. The summed E-state index contributed by atoms with van der Waals surface area (Å²) in [4.78, 5) is 53.8. The van der Waals surface area contributed by atoms with E-state index >= 15 is 0 Å². The Kier molecular flexibility index (Phi) is 8.49. The highest BCUT2D eigenvalue weighted by atomic mass is 16.3. The van der Waals surface area contributed by atoms with Gasteiger partial charge >= 0.3 is 0 Å². The number of nitrogens with zero attached hydrogens (tertiary/aromatic N) is 4. The van der Waals surface area contributed by atoms with Gasteiger partial charge in [0.05, 0.1) is 18.3 Å². The molecule has 4 rings (SSSR count). The predicted molar refractivity (Wildman–Crippen MR) is 132 cm³/mol. The maximum Gasteiger partial charge on any atom is 0.245 e. The zero-order valence-corrected chi connectivity index (χ0v) is 20.8. The average molecular weight is 512 g/mol. The van der Waals surface area contributed by atoms with Gasteiger partial charge in [-0.15, -0.1) is 5.10 Å². The van der Waals surface area contributed by atoms with Crippen LogP contribution in [0.15, 0.2) is 36.5 Å². The largest absolute Gasteiger partial charge is 0.391 e. The number of nitrogens with one attached hydrogen (secondary N) is 3. The van der Waals surface area contributed by atoms with E-state index in [4.69, 9.17) is 0 Å². The normalized spacial score (nSPS) is 24.8. The van der Waals surface area contributed by atoms with Crippen LogP contribution in [0.2, 0.25) is 0 Å². The van der Waals surface area contributed by atoms with Crippen LogP contribution in [0.1, 0.15) is 37.4 Å². The first kappa shape index (κ1) is 26.3. The molecular weight excluding hydrogens is 478 g/mol. The van der Waals surface area contributed by atoms with Crippen molar-refractivity contribution in [3.63, 3.8) is 0 Å². The number of amides is 4. The van der Waals surface area contributed by atoms with Crippen molar-refractivity contribution in [1.82, 2.24) is 35.8 Å². The summed E-state index contributed by atoms with van der Waals surface area (Å²) in [5.74, 6) is -1.77. The van der Waals surface area contributed by atoms with Gasteiger partial charge in [-0.05, 0) is 25.3 Å². The Hall–Kier alpha value is -3.80. The fraction of sp³-hybridized carbons (Fsp3) is 0.520. The third kappa shape index (κ3) is 6.70. The maximum atomic E-state index is 13.2. The zero-order chi connectivity index (χ0) is 26.4. The summed E-state index contributed by atoms with van der Waals surface area (Å²) in [6.07, 6.45) is 2.38. The van der Waals surface area contributed by atoms with E-state index in [-0.39, 0.29) is 25.3 Å². The molecule has 1 saturated heterocycles. The Morgan fingerprint density at radius 1 is 1.03 bits per heavy atom. The Balaban J connectivity index is 1.59. The van der Waals surface area contributed by atoms with Gasteiger partial charge in [0.15, 0.2) is 0 Å². The van der Waals surface area contributed by atoms with E-state index in [1.165, 1.54) is 11.8 Å². The van der Waals surface area contributed by atoms with Crippen molar-refractivity contribution in [3.05, 3.63) is 47.8 Å². The minimum absolute atomic E-state index is 0.167. The van der Waals surface area contributed by atoms with Crippen molar-refractivity contribution in [3.8, 4) is 0 Å². The molecule has 1 aromatic heterocycles. The van der Waals surface area contributed by atoms with Crippen LogP contribution in [0.3, 0.4) is 0 Å². The molecule has 2 aromatic rings. The van der Waals surface area contributed by atoms with Crippen LogP contribution in [0, 0.1) is 0 Å².